The van der Waals surface area contributed by atoms with Gasteiger partial charge in [-0.05, 0) is 72.6 Å². The first-order chi connectivity index (χ1) is 21.5. The highest BCUT2D eigenvalue weighted by molar-refractivity contribution is 6.24. The summed E-state index contributed by atoms with van der Waals surface area (Å²) in [5.41, 5.74) is 2.19. The van der Waals surface area contributed by atoms with Crippen LogP contribution in [0.4, 0.5) is 11.4 Å². The zero-order valence-corrected chi connectivity index (χ0v) is 24.4. The number of ether oxygens (including phenoxy) is 3. The van der Waals surface area contributed by atoms with Crippen LogP contribution < -0.4 is 24.2 Å². The van der Waals surface area contributed by atoms with E-state index in [-0.39, 0.29) is 11.7 Å². The molecule has 3 unspecified atom stereocenters. The van der Waals surface area contributed by atoms with Gasteiger partial charge in [0, 0.05) is 0 Å². The van der Waals surface area contributed by atoms with E-state index < -0.39 is 29.9 Å². The first kappa shape index (κ1) is 28.9. The molecule has 0 bridgehead atoms. The summed E-state index contributed by atoms with van der Waals surface area (Å²) in [6.07, 6.45) is 0.924. The van der Waals surface area contributed by atoms with E-state index in [4.69, 9.17) is 19.0 Å². The predicted molar refractivity (Wildman–Crippen MR) is 164 cm³/mol. The van der Waals surface area contributed by atoms with Gasteiger partial charge in [0.2, 0.25) is 5.91 Å². The second-order valence-electron chi connectivity index (χ2n) is 10.5. The molecule has 0 saturated carbocycles. The minimum absolute atomic E-state index is 0.225. The molecule has 0 aliphatic carbocycles. The van der Waals surface area contributed by atoms with Crippen LogP contribution in [0.5, 0.6) is 17.2 Å². The number of benzene rings is 4. The summed E-state index contributed by atoms with van der Waals surface area (Å²) in [6, 6.07) is 29.3. The Balaban J connectivity index is 1.32. The maximum absolute atomic E-state index is 14.0. The smallest absolute Gasteiger partial charge is 0.343 e. The molecule has 0 N–H and O–H groups in total. The van der Waals surface area contributed by atoms with Gasteiger partial charge in [0.25, 0.3) is 5.91 Å². The van der Waals surface area contributed by atoms with Gasteiger partial charge in [-0.3, -0.25) is 14.4 Å². The van der Waals surface area contributed by atoms with E-state index in [1.165, 1.54) is 12.0 Å². The molecule has 2 aliphatic heterocycles. The zero-order chi connectivity index (χ0) is 30.6. The Morgan fingerprint density at radius 3 is 2.20 bits per heavy atom. The molecule has 224 valence electrons. The molecule has 0 radical (unpaired) electrons. The molecule has 2 aliphatic rings. The summed E-state index contributed by atoms with van der Waals surface area (Å²) in [6.45, 7) is 2.69. The van der Waals surface area contributed by atoms with Crippen molar-refractivity contribution in [1.29, 1.82) is 0 Å². The number of fused-ring (bicyclic) bond motifs is 1. The van der Waals surface area contributed by atoms with Gasteiger partial charge in [-0.15, -0.1) is 0 Å². The topological polar surface area (TPSA) is 94.6 Å². The van der Waals surface area contributed by atoms with Crippen LogP contribution in [0.15, 0.2) is 103 Å². The highest BCUT2D eigenvalue weighted by Crippen LogP contribution is 2.48. The molecule has 2 fully saturated rings. The number of esters is 1. The number of carbonyl (C=O) groups excluding carboxylic acids is 3. The number of hydrogen-bond acceptors (Lipinski definition) is 8. The quantitative estimate of drug-likeness (QED) is 0.0938. The molecule has 0 spiro atoms. The van der Waals surface area contributed by atoms with Crippen LogP contribution in [-0.2, 0) is 14.4 Å². The summed E-state index contributed by atoms with van der Waals surface area (Å²) >= 11 is 0. The van der Waals surface area contributed by atoms with Crippen molar-refractivity contribution in [3.63, 3.8) is 0 Å². The number of hydroxylamine groups is 1. The molecule has 44 heavy (non-hydrogen) atoms. The number of nitrogens with zero attached hydrogens (tertiary/aromatic N) is 2. The molecule has 6 rings (SSSR count). The Morgan fingerprint density at radius 1 is 0.818 bits per heavy atom. The van der Waals surface area contributed by atoms with Crippen LogP contribution in [0.1, 0.15) is 41.7 Å². The molecule has 0 aromatic heterocycles. The van der Waals surface area contributed by atoms with Crippen LogP contribution in [-0.4, -0.2) is 37.6 Å². The van der Waals surface area contributed by atoms with Crippen molar-refractivity contribution in [2.24, 2.45) is 5.92 Å². The Labute approximate surface area is 255 Å². The Kier molecular flexibility index (Phi) is 8.29. The van der Waals surface area contributed by atoms with Crippen LogP contribution in [0.3, 0.4) is 0 Å². The maximum Gasteiger partial charge on any atom is 0.343 e. The SMILES string of the molecule is CCCCOc1ccc(N2C(=O)C3ON(c4ccccc4)C(c4ccc(OC(=O)c5ccccc5)c(OC)c4)C3C2=O)cc1. The number of unbranched alkanes of at least 4 members (excludes halogenated alkanes) is 1. The fourth-order valence-corrected chi connectivity index (χ4v) is 5.52. The lowest BCUT2D eigenvalue weighted by Crippen LogP contribution is -2.37. The Hall–Kier alpha value is -5.15. The highest BCUT2D eigenvalue weighted by Gasteiger charge is 2.60. The molecule has 2 amide bonds. The number of para-hydroxylation sites is 1. The van der Waals surface area contributed by atoms with Crippen molar-refractivity contribution in [3.05, 3.63) is 114 Å². The molecule has 4 aromatic carbocycles. The first-order valence-electron chi connectivity index (χ1n) is 14.6. The van der Waals surface area contributed by atoms with Gasteiger partial charge in [0.15, 0.2) is 17.6 Å². The molecular formula is C35H32N2O7. The van der Waals surface area contributed by atoms with E-state index in [0.717, 1.165) is 12.8 Å². The normalized spacial score (nSPS) is 19.2. The van der Waals surface area contributed by atoms with Crippen molar-refractivity contribution >= 4 is 29.2 Å². The number of carbonyl (C=O) groups is 3. The first-order valence-corrected chi connectivity index (χ1v) is 14.6. The predicted octanol–water partition coefficient (Wildman–Crippen LogP) is 6.14. The van der Waals surface area contributed by atoms with Gasteiger partial charge in [-0.25, -0.2) is 14.8 Å². The number of rotatable bonds is 10. The zero-order valence-electron chi connectivity index (χ0n) is 24.4. The number of anilines is 2. The number of imide groups is 1. The molecule has 4 aromatic rings. The average Bonchev–Trinajstić information content (AvgIpc) is 3.57. The number of amides is 2. The Morgan fingerprint density at radius 2 is 1.52 bits per heavy atom. The minimum atomic E-state index is -1.03. The summed E-state index contributed by atoms with van der Waals surface area (Å²) in [5, 5.41) is 1.61. The molecule has 3 atom stereocenters. The fraction of sp³-hybridized carbons (Fsp3) is 0.229. The maximum atomic E-state index is 14.0. The molecule has 9 nitrogen and oxygen atoms in total. The summed E-state index contributed by atoms with van der Waals surface area (Å²) < 4.78 is 17.0. The van der Waals surface area contributed by atoms with E-state index in [2.05, 4.69) is 6.92 Å². The standard InChI is InChI=1S/C35H32N2O7/c1-3-4-21-42-27-18-16-25(17-19-27)36-33(38)30-31(37(44-32(30)34(36)39)26-13-9-6-10-14-26)24-15-20-28(29(22-24)41-2)43-35(40)23-11-7-5-8-12-23/h5-20,22,30-32H,3-4,21H2,1-2H3. The van der Waals surface area contributed by atoms with E-state index in [1.807, 2.05) is 36.4 Å². The third-order valence-electron chi connectivity index (χ3n) is 7.73. The average molecular weight is 593 g/mol. The van der Waals surface area contributed by atoms with Gasteiger partial charge in [0.05, 0.1) is 36.7 Å². The second kappa shape index (κ2) is 12.6. The largest absolute Gasteiger partial charge is 0.494 e. The van der Waals surface area contributed by atoms with E-state index >= 15 is 0 Å². The molecule has 9 heteroatoms. The number of hydrogen-bond donors (Lipinski definition) is 0. The second-order valence-corrected chi connectivity index (χ2v) is 10.5. The summed E-state index contributed by atoms with van der Waals surface area (Å²) in [5.74, 6) is -0.985. The monoisotopic (exact) mass is 592 g/mol. The fourth-order valence-electron chi connectivity index (χ4n) is 5.52. The van der Waals surface area contributed by atoms with Gasteiger partial charge >= 0.3 is 5.97 Å². The Bertz CT molecular complexity index is 1640. The lowest BCUT2D eigenvalue weighted by atomic mass is 9.90. The van der Waals surface area contributed by atoms with Gasteiger partial charge in [0.1, 0.15) is 11.7 Å². The van der Waals surface area contributed by atoms with Crippen LogP contribution in [0.25, 0.3) is 0 Å². The van der Waals surface area contributed by atoms with Crippen molar-refractivity contribution in [2.45, 2.75) is 31.9 Å². The molecule has 2 saturated heterocycles. The van der Waals surface area contributed by atoms with E-state index in [9.17, 15) is 14.4 Å². The van der Waals surface area contributed by atoms with Gasteiger partial charge in [-0.2, -0.15) is 0 Å². The van der Waals surface area contributed by atoms with Crippen molar-refractivity contribution in [1.82, 2.24) is 0 Å². The van der Waals surface area contributed by atoms with Gasteiger partial charge < -0.3 is 14.2 Å². The van der Waals surface area contributed by atoms with Crippen molar-refractivity contribution < 1.29 is 33.4 Å². The summed E-state index contributed by atoms with van der Waals surface area (Å²) in [7, 11) is 1.48. The third-order valence-corrected chi connectivity index (χ3v) is 7.73. The lowest BCUT2D eigenvalue weighted by Gasteiger charge is -2.29. The number of methoxy groups -OCH3 is 1. The van der Waals surface area contributed by atoms with Crippen molar-refractivity contribution in [2.75, 3.05) is 23.7 Å². The lowest BCUT2D eigenvalue weighted by molar-refractivity contribution is -0.126. The third kappa shape index (κ3) is 5.49. The van der Waals surface area contributed by atoms with E-state index in [0.29, 0.717) is 40.6 Å². The molecular weight excluding hydrogens is 560 g/mol. The summed E-state index contributed by atoms with van der Waals surface area (Å²) in [4.78, 5) is 48.0. The molecule has 2 heterocycles. The minimum Gasteiger partial charge on any atom is -0.494 e. The van der Waals surface area contributed by atoms with Crippen LogP contribution >= 0.6 is 0 Å². The van der Waals surface area contributed by atoms with E-state index in [1.54, 1.807) is 71.8 Å². The van der Waals surface area contributed by atoms with Crippen molar-refractivity contribution in [3.8, 4) is 17.2 Å². The van der Waals surface area contributed by atoms with Gasteiger partial charge in [-0.1, -0.05) is 55.8 Å². The van der Waals surface area contributed by atoms with Crippen LogP contribution in [0, 0.1) is 5.92 Å². The highest BCUT2D eigenvalue weighted by atomic mass is 16.7. The van der Waals surface area contributed by atoms with Crippen LogP contribution in [0.2, 0.25) is 0 Å².